The van der Waals surface area contributed by atoms with E-state index in [1.165, 1.54) is 0 Å². The fourth-order valence-electron chi connectivity index (χ4n) is 3.96. The third-order valence-corrected chi connectivity index (χ3v) is 5.40. The number of carbonyl (C=O) groups excluding carboxylic acids is 2. The number of nitrogens with one attached hydrogen (secondary N) is 2. The van der Waals surface area contributed by atoms with Crippen molar-refractivity contribution in [3.05, 3.63) is 35.0 Å². The van der Waals surface area contributed by atoms with E-state index in [-0.39, 0.29) is 12.1 Å². The Morgan fingerprint density at radius 3 is 2.64 bits per heavy atom. The molecule has 0 radical (unpaired) electrons. The lowest BCUT2D eigenvalue weighted by molar-refractivity contribution is -0.146. The van der Waals surface area contributed by atoms with Crippen LogP contribution >= 0.6 is 0 Å². The number of hydrogen-bond donors (Lipinski definition) is 2. The largest absolute Gasteiger partial charge is 0.497 e. The van der Waals surface area contributed by atoms with E-state index >= 15 is 0 Å². The molecule has 0 saturated heterocycles. The Hall–Kier alpha value is -2.70. The molecule has 1 fully saturated rings. The number of urea groups is 1. The summed E-state index contributed by atoms with van der Waals surface area (Å²) in [5.74, 6) is 1.28. The Morgan fingerprint density at radius 2 is 1.96 bits per heavy atom. The second-order valence-electron chi connectivity index (χ2n) is 7.48. The van der Waals surface area contributed by atoms with Crippen LogP contribution in [-0.2, 0) is 9.53 Å². The smallest absolute Gasteiger partial charge is 0.338 e. The van der Waals surface area contributed by atoms with Crippen molar-refractivity contribution in [1.29, 1.82) is 0 Å². The summed E-state index contributed by atoms with van der Waals surface area (Å²) in [4.78, 5) is 25.2. The number of carbonyl (C=O) groups is 2. The maximum Gasteiger partial charge on any atom is 0.338 e. The predicted molar refractivity (Wildman–Crippen MR) is 104 cm³/mol. The first-order valence-corrected chi connectivity index (χ1v) is 9.64. The van der Waals surface area contributed by atoms with Crippen LogP contribution in [0.2, 0.25) is 0 Å². The Labute approximate surface area is 165 Å². The molecule has 152 valence electrons. The Bertz CT molecular complexity index is 789. The van der Waals surface area contributed by atoms with E-state index in [4.69, 9.17) is 14.2 Å². The van der Waals surface area contributed by atoms with Gasteiger partial charge in [-0.2, -0.15) is 0 Å². The summed E-state index contributed by atoms with van der Waals surface area (Å²) in [7, 11) is 3.11. The quantitative estimate of drug-likeness (QED) is 0.755. The van der Waals surface area contributed by atoms with Gasteiger partial charge in [-0.3, -0.25) is 0 Å². The molecule has 2 N–H and O–H groups in total. The highest BCUT2D eigenvalue weighted by Gasteiger charge is 2.35. The van der Waals surface area contributed by atoms with Crippen molar-refractivity contribution in [2.24, 2.45) is 5.92 Å². The molecule has 1 aromatic rings. The van der Waals surface area contributed by atoms with Crippen LogP contribution in [0.4, 0.5) is 4.79 Å². The molecule has 2 aliphatic rings. The number of ether oxygens (including phenoxy) is 3. The molecular weight excluding hydrogens is 360 g/mol. The number of allylic oxidation sites excluding steroid dienone is 1. The maximum atomic E-state index is 13.1. The van der Waals surface area contributed by atoms with Crippen LogP contribution in [0.1, 0.15) is 51.1 Å². The second kappa shape index (κ2) is 8.54. The molecule has 2 amide bonds. The number of hydrogen-bond acceptors (Lipinski definition) is 5. The fraction of sp³-hybridized carbons (Fsp3) is 0.524. The lowest BCUT2D eigenvalue weighted by Gasteiger charge is -2.31. The lowest BCUT2D eigenvalue weighted by atomic mass is 9.88. The molecule has 7 nitrogen and oxygen atoms in total. The van der Waals surface area contributed by atoms with E-state index in [0.29, 0.717) is 34.3 Å². The number of esters is 1. The predicted octanol–water partition coefficient (Wildman–Crippen LogP) is 3.45. The minimum atomic E-state index is -0.688. The molecule has 1 saturated carbocycles. The van der Waals surface area contributed by atoms with Gasteiger partial charge < -0.3 is 24.8 Å². The third-order valence-electron chi connectivity index (χ3n) is 5.40. The SMILES string of the molecule is COc1ccc(OC)c([C@H]2NC(=O)NC(C)=C2C(=O)O[C@@H]2CCC[C@H](C)C2)c1. The molecule has 28 heavy (non-hydrogen) atoms. The van der Waals surface area contributed by atoms with Crippen LogP contribution in [0.15, 0.2) is 29.5 Å². The highest BCUT2D eigenvalue weighted by atomic mass is 16.5. The first kappa shape index (κ1) is 20.0. The molecule has 1 aromatic carbocycles. The standard InChI is InChI=1S/C21H28N2O5/c1-12-6-5-7-15(10-12)28-20(24)18-13(2)22-21(25)23-19(18)16-11-14(26-3)8-9-17(16)27-4/h8-9,11-12,15,19H,5-7,10H2,1-4H3,(H2,22,23,25)/t12-,15+,19+/m0/s1. The van der Waals surface area contributed by atoms with Gasteiger partial charge in [-0.25, -0.2) is 9.59 Å². The highest BCUT2D eigenvalue weighted by Crippen LogP contribution is 2.36. The van der Waals surface area contributed by atoms with E-state index in [9.17, 15) is 9.59 Å². The molecule has 0 bridgehead atoms. The average Bonchev–Trinajstić information content (AvgIpc) is 2.66. The van der Waals surface area contributed by atoms with E-state index in [1.54, 1.807) is 39.3 Å². The molecule has 1 aliphatic heterocycles. The van der Waals surface area contributed by atoms with Crippen LogP contribution < -0.4 is 20.1 Å². The first-order valence-electron chi connectivity index (χ1n) is 9.64. The first-order chi connectivity index (χ1) is 13.4. The molecule has 7 heteroatoms. The minimum absolute atomic E-state index is 0.0953. The zero-order valence-corrected chi connectivity index (χ0v) is 16.8. The molecule has 1 heterocycles. The van der Waals surface area contributed by atoms with E-state index < -0.39 is 12.0 Å². The van der Waals surface area contributed by atoms with Crippen molar-refractivity contribution >= 4 is 12.0 Å². The Kier molecular flexibility index (Phi) is 6.11. The summed E-state index contributed by atoms with van der Waals surface area (Å²) in [6, 6.07) is 4.22. The van der Waals surface area contributed by atoms with Gasteiger partial charge in [-0.05, 0) is 50.3 Å². The summed E-state index contributed by atoms with van der Waals surface area (Å²) in [5.41, 5.74) is 1.50. The molecule has 3 atom stereocenters. The van der Waals surface area contributed by atoms with Crippen molar-refractivity contribution in [2.75, 3.05) is 14.2 Å². The number of amides is 2. The molecule has 0 unspecified atom stereocenters. The molecular formula is C21H28N2O5. The summed E-state index contributed by atoms with van der Waals surface area (Å²) < 4.78 is 16.6. The van der Waals surface area contributed by atoms with Crippen molar-refractivity contribution in [2.45, 2.75) is 51.7 Å². The fourth-order valence-corrected chi connectivity index (χ4v) is 3.96. The Morgan fingerprint density at radius 1 is 1.18 bits per heavy atom. The van der Waals surface area contributed by atoms with Crippen molar-refractivity contribution < 1.29 is 23.8 Å². The van der Waals surface area contributed by atoms with Gasteiger partial charge in [-0.15, -0.1) is 0 Å². The van der Waals surface area contributed by atoms with Gasteiger partial charge in [-0.1, -0.05) is 13.3 Å². The van der Waals surface area contributed by atoms with Crippen molar-refractivity contribution in [3.8, 4) is 11.5 Å². The van der Waals surface area contributed by atoms with Gasteiger partial charge in [0.25, 0.3) is 0 Å². The van der Waals surface area contributed by atoms with E-state index in [2.05, 4.69) is 17.6 Å². The normalized spacial score (nSPS) is 24.9. The molecule has 3 rings (SSSR count). The zero-order valence-electron chi connectivity index (χ0n) is 16.8. The highest BCUT2D eigenvalue weighted by molar-refractivity contribution is 5.95. The van der Waals surface area contributed by atoms with Crippen molar-refractivity contribution in [3.63, 3.8) is 0 Å². The number of methoxy groups -OCH3 is 2. The van der Waals surface area contributed by atoms with Crippen LogP contribution in [0.5, 0.6) is 11.5 Å². The summed E-state index contributed by atoms with van der Waals surface area (Å²) in [6.07, 6.45) is 3.86. The van der Waals surface area contributed by atoms with Crippen molar-refractivity contribution in [1.82, 2.24) is 10.6 Å². The van der Waals surface area contributed by atoms with Gasteiger partial charge in [0.2, 0.25) is 0 Å². The van der Waals surface area contributed by atoms with Gasteiger partial charge in [0.05, 0.1) is 25.8 Å². The summed E-state index contributed by atoms with van der Waals surface area (Å²) in [5, 5.41) is 5.50. The number of rotatable bonds is 5. The van der Waals surface area contributed by atoms with Gasteiger partial charge >= 0.3 is 12.0 Å². The third kappa shape index (κ3) is 4.24. The lowest BCUT2D eigenvalue weighted by Crippen LogP contribution is -2.45. The second-order valence-corrected chi connectivity index (χ2v) is 7.48. The van der Waals surface area contributed by atoms with Crippen LogP contribution in [0, 0.1) is 5.92 Å². The van der Waals surface area contributed by atoms with E-state index in [0.717, 1.165) is 25.7 Å². The van der Waals surface area contributed by atoms with Gasteiger partial charge in [0.1, 0.15) is 17.6 Å². The van der Waals surface area contributed by atoms with Crippen LogP contribution in [0.25, 0.3) is 0 Å². The summed E-state index contributed by atoms with van der Waals surface area (Å²) in [6.45, 7) is 3.88. The average molecular weight is 388 g/mol. The van der Waals surface area contributed by atoms with Gasteiger partial charge in [0, 0.05) is 11.3 Å². The molecule has 0 spiro atoms. The maximum absolute atomic E-state index is 13.1. The monoisotopic (exact) mass is 388 g/mol. The van der Waals surface area contributed by atoms with Crippen LogP contribution in [0.3, 0.4) is 0 Å². The minimum Gasteiger partial charge on any atom is -0.497 e. The van der Waals surface area contributed by atoms with Gasteiger partial charge in [0.15, 0.2) is 0 Å². The van der Waals surface area contributed by atoms with Crippen LogP contribution in [-0.4, -0.2) is 32.3 Å². The topological polar surface area (TPSA) is 85.9 Å². The Balaban J connectivity index is 1.94. The van der Waals surface area contributed by atoms with E-state index in [1.807, 2.05) is 0 Å². The summed E-state index contributed by atoms with van der Waals surface area (Å²) >= 11 is 0. The molecule has 1 aliphatic carbocycles. The molecule has 0 aromatic heterocycles. The zero-order chi connectivity index (χ0) is 20.3. The number of benzene rings is 1.